The molecule has 0 aromatic carbocycles. The lowest BCUT2D eigenvalue weighted by molar-refractivity contribution is 0.406. The highest BCUT2D eigenvalue weighted by molar-refractivity contribution is 7.98. The molecule has 1 saturated carbocycles. The van der Waals surface area contributed by atoms with Crippen LogP contribution in [-0.2, 0) is 0 Å². The molecule has 2 rings (SSSR count). The highest BCUT2D eigenvalue weighted by Gasteiger charge is 2.24. The molecule has 0 radical (unpaired) electrons. The molecule has 2 N–H and O–H groups in total. The van der Waals surface area contributed by atoms with Crippen molar-refractivity contribution in [2.75, 3.05) is 12.0 Å². The summed E-state index contributed by atoms with van der Waals surface area (Å²) in [5.41, 5.74) is 8.10. The molecule has 3 nitrogen and oxygen atoms in total. The molecule has 1 aromatic heterocycles. The van der Waals surface area contributed by atoms with Gasteiger partial charge in [0.05, 0.1) is 5.69 Å². The molecule has 1 aliphatic rings. The third-order valence-electron chi connectivity index (χ3n) is 2.88. The molecule has 1 aliphatic carbocycles. The summed E-state index contributed by atoms with van der Waals surface area (Å²) in [6.45, 7) is 2.02. The maximum Gasteiger partial charge on any atom is 0.189 e. The standard InChI is InChI=1S/C10H15N3S/c1-6-8(7-4-3-5-7)12-10(14-2)13-9(6)11/h7H,3-5H2,1-2H3,(H2,11,12,13). The van der Waals surface area contributed by atoms with Crippen molar-refractivity contribution in [3.63, 3.8) is 0 Å². The van der Waals surface area contributed by atoms with Crippen molar-refractivity contribution in [2.45, 2.75) is 37.3 Å². The van der Waals surface area contributed by atoms with Crippen LogP contribution in [0.2, 0.25) is 0 Å². The largest absolute Gasteiger partial charge is 0.383 e. The predicted octanol–water partition coefficient (Wildman–Crippen LogP) is 2.36. The van der Waals surface area contributed by atoms with Crippen molar-refractivity contribution in [1.29, 1.82) is 0 Å². The number of anilines is 1. The number of hydrogen-bond donors (Lipinski definition) is 1. The molecule has 0 spiro atoms. The number of rotatable bonds is 2. The molecule has 1 fully saturated rings. The molecule has 0 amide bonds. The van der Waals surface area contributed by atoms with Gasteiger partial charge in [-0.1, -0.05) is 18.2 Å². The molecule has 1 aromatic rings. The fourth-order valence-corrected chi connectivity index (χ4v) is 2.08. The molecule has 0 unspecified atom stereocenters. The minimum absolute atomic E-state index is 0.631. The Balaban J connectivity index is 2.40. The lowest BCUT2D eigenvalue weighted by Gasteiger charge is -2.26. The zero-order valence-electron chi connectivity index (χ0n) is 8.58. The number of hydrogen-bond acceptors (Lipinski definition) is 4. The summed E-state index contributed by atoms with van der Waals surface area (Å²) in [6.07, 6.45) is 5.81. The summed E-state index contributed by atoms with van der Waals surface area (Å²) in [5, 5.41) is 0.801. The van der Waals surface area contributed by atoms with Crippen LogP contribution >= 0.6 is 11.8 Å². The van der Waals surface area contributed by atoms with Gasteiger partial charge in [-0.3, -0.25) is 0 Å². The second-order valence-electron chi connectivity index (χ2n) is 3.73. The van der Waals surface area contributed by atoms with Crippen molar-refractivity contribution in [2.24, 2.45) is 0 Å². The van der Waals surface area contributed by atoms with Crippen molar-refractivity contribution in [3.8, 4) is 0 Å². The summed E-state index contributed by atoms with van der Waals surface area (Å²) in [7, 11) is 0. The maximum absolute atomic E-state index is 5.85. The second-order valence-corrected chi connectivity index (χ2v) is 4.51. The lowest BCUT2D eigenvalue weighted by Crippen LogP contribution is -2.14. The number of nitrogen functional groups attached to an aromatic ring is 1. The maximum atomic E-state index is 5.85. The van der Waals surface area contributed by atoms with E-state index in [0.717, 1.165) is 10.7 Å². The van der Waals surface area contributed by atoms with E-state index in [1.165, 1.54) is 25.0 Å². The molecule has 4 heteroatoms. The average molecular weight is 209 g/mol. The van der Waals surface area contributed by atoms with Crippen molar-refractivity contribution in [3.05, 3.63) is 11.3 Å². The topological polar surface area (TPSA) is 51.8 Å². The third kappa shape index (κ3) is 1.59. The van der Waals surface area contributed by atoms with Gasteiger partial charge < -0.3 is 5.73 Å². The number of aromatic nitrogens is 2. The number of thioether (sulfide) groups is 1. The van der Waals surface area contributed by atoms with Crippen LogP contribution in [0, 0.1) is 6.92 Å². The van der Waals surface area contributed by atoms with E-state index in [-0.39, 0.29) is 0 Å². The molecule has 0 aliphatic heterocycles. The molecular formula is C10H15N3S. The zero-order valence-corrected chi connectivity index (χ0v) is 9.40. The van der Waals surface area contributed by atoms with Crippen LogP contribution in [0.1, 0.15) is 36.4 Å². The van der Waals surface area contributed by atoms with Gasteiger partial charge in [-0.05, 0) is 26.0 Å². The van der Waals surface area contributed by atoms with Crippen LogP contribution in [0.25, 0.3) is 0 Å². The summed E-state index contributed by atoms with van der Waals surface area (Å²) in [6, 6.07) is 0. The van der Waals surface area contributed by atoms with Crippen molar-refractivity contribution >= 4 is 17.6 Å². The van der Waals surface area contributed by atoms with Gasteiger partial charge >= 0.3 is 0 Å². The van der Waals surface area contributed by atoms with Crippen LogP contribution in [0.3, 0.4) is 0 Å². The van der Waals surface area contributed by atoms with Crippen molar-refractivity contribution < 1.29 is 0 Å². The fraction of sp³-hybridized carbons (Fsp3) is 0.600. The zero-order chi connectivity index (χ0) is 10.1. The summed E-state index contributed by atoms with van der Waals surface area (Å²) >= 11 is 1.56. The van der Waals surface area contributed by atoms with Crippen LogP contribution in [-0.4, -0.2) is 16.2 Å². The Morgan fingerprint density at radius 2 is 2.07 bits per heavy atom. The minimum Gasteiger partial charge on any atom is -0.383 e. The van der Waals surface area contributed by atoms with Gasteiger partial charge in [0.2, 0.25) is 0 Å². The second kappa shape index (κ2) is 3.77. The van der Waals surface area contributed by atoms with Gasteiger partial charge in [-0.2, -0.15) is 0 Å². The van der Waals surface area contributed by atoms with Gasteiger partial charge in [-0.25, -0.2) is 9.97 Å². The summed E-state index contributed by atoms with van der Waals surface area (Å²) in [4.78, 5) is 8.77. The van der Waals surface area contributed by atoms with E-state index in [1.807, 2.05) is 13.2 Å². The third-order valence-corrected chi connectivity index (χ3v) is 3.42. The molecule has 1 heterocycles. The van der Waals surface area contributed by atoms with Gasteiger partial charge in [-0.15, -0.1) is 0 Å². The smallest absolute Gasteiger partial charge is 0.189 e. The Hall–Kier alpha value is -0.770. The van der Waals surface area contributed by atoms with E-state index in [0.29, 0.717) is 11.7 Å². The van der Waals surface area contributed by atoms with E-state index in [9.17, 15) is 0 Å². The quantitative estimate of drug-likeness (QED) is 0.600. The molecule has 0 bridgehead atoms. The first kappa shape index (κ1) is 9.77. The number of nitrogens with zero attached hydrogens (tertiary/aromatic N) is 2. The molecular weight excluding hydrogens is 194 g/mol. The first-order valence-electron chi connectivity index (χ1n) is 4.90. The Morgan fingerprint density at radius 1 is 1.36 bits per heavy atom. The summed E-state index contributed by atoms with van der Waals surface area (Å²) in [5.74, 6) is 1.28. The molecule has 0 atom stereocenters. The SMILES string of the molecule is CSc1nc(N)c(C)c(C2CCC2)n1. The minimum atomic E-state index is 0.631. The predicted molar refractivity (Wildman–Crippen MR) is 59.6 cm³/mol. The normalized spacial score (nSPS) is 16.7. The van der Waals surface area contributed by atoms with Gasteiger partial charge in [0.1, 0.15) is 5.82 Å². The fourth-order valence-electron chi connectivity index (χ4n) is 1.70. The first-order valence-corrected chi connectivity index (χ1v) is 6.13. The van der Waals surface area contributed by atoms with Gasteiger partial charge in [0, 0.05) is 11.5 Å². The first-order chi connectivity index (χ1) is 6.72. The van der Waals surface area contributed by atoms with Gasteiger partial charge in [0.15, 0.2) is 5.16 Å². The Morgan fingerprint density at radius 3 is 2.57 bits per heavy atom. The molecule has 76 valence electrons. The van der Waals surface area contributed by atoms with E-state index in [4.69, 9.17) is 5.73 Å². The van der Waals surface area contributed by atoms with E-state index in [1.54, 1.807) is 11.8 Å². The van der Waals surface area contributed by atoms with Crippen molar-refractivity contribution in [1.82, 2.24) is 9.97 Å². The Kier molecular flexibility index (Phi) is 2.63. The van der Waals surface area contributed by atoms with Gasteiger partial charge in [0.25, 0.3) is 0 Å². The monoisotopic (exact) mass is 209 g/mol. The number of nitrogens with two attached hydrogens (primary N) is 1. The van der Waals surface area contributed by atoms with Crippen LogP contribution in [0.15, 0.2) is 5.16 Å². The van der Waals surface area contributed by atoms with E-state index < -0.39 is 0 Å². The molecule has 0 saturated heterocycles. The summed E-state index contributed by atoms with van der Waals surface area (Å²) < 4.78 is 0. The highest BCUT2D eigenvalue weighted by atomic mass is 32.2. The Bertz CT molecular complexity index is 347. The van der Waals surface area contributed by atoms with E-state index >= 15 is 0 Å². The van der Waals surface area contributed by atoms with E-state index in [2.05, 4.69) is 9.97 Å². The average Bonchev–Trinajstić information content (AvgIpc) is 2.09. The Labute approximate surface area is 88.5 Å². The lowest BCUT2D eigenvalue weighted by atomic mass is 9.81. The molecule has 14 heavy (non-hydrogen) atoms. The van der Waals surface area contributed by atoms with Crippen LogP contribution in [0.4, 0.5) is 5.82 Å². The van der Waals surface area contributed by atoms with Crippen LogP contribution in [0.5, 0.6) is 0 Å². The highest BCUT2D eigenvalue weighted by Crippen LogP contribution is 2.38. The van der Waals surface area contributed by atoms with Crippen LogP contribution < -0.4 is 5.73 Å².